The highest BCUT2D eigenvalue weighted by Gasteiger charge is 2.51. The van der Waals surface area contributed by atoms with Crippen molar-refractivity contribution in [2.45, 2.75) is 50.2 Å². The van der Waals surface area contributed by atoms with E-state index in [0.29, 0.717) is 5.56 Å². The van der Waals surface area contributed by atoms with Crippen LogP contribution >= 0.6 is 0 Å². The topological polar surface area (TPSA) is 69.7 Å². The van der Waals surface area contributed by atoms with Crippen LogP contribution in [0, 0.1) is 0 Å². The summed E-state index contributed by atoms with van der Waals surface area (Å²) in [4.78, 5) is 43.0. The summed E-state index contributed by atoms with van der Waals surface area (Å²) >= 11 is 0. The molecule has 3 aromatic rings. The van der Waals surface area contributed by atoms with Crippen LogP contribution in [-0.2, 0) is 21.5 Å². The van der Waals surface area contributed by atoms with Crippen LogP contribution in [0.1, 0.15) is 48.9 Å². The highest BCUT2D eigenvalue weighted by Crippen LogP contribution is 2.42. The highest BCUT2D eigenvalue weighted by molar-refractivity contribution is 6.09. The summed E-state index contributed by atoms with van der Waals surface area (Å²) in [5.41, 5.74) is 1.99. The van der Waals surface area contributed by atoms with Crippen LogP contribution in [0.2, 0.25) is 0 Å². The maximum absolute atomic E-state index is 13.5. The van der Waals surface area contributed by atoms with Crippen molar-refractivity contribution in [3.05, 3.63) is 83.4 Å². The van der Waals surface area contributed by atoms with Gasteiger partial charge in [0.2, 0.25) is 5.91 Å². The van der Waals surface area contributed by atoms with Crippen molar-refractivity contribution in [2.75, 3.05) is 6.54 Å². The van der Waals surface area contributed by atoms with Gasteiger partial charge in [-0.1, -0.05) is 60.7 Å². The fraction of sp³-hybridized carbons (Fsp3) is 0.321. The number of nitrogens with zero attached hydrogens (tertiary/aromatic N) is 2. The summed E-state index contributed by atoms with van der Waals surface area (Å²) in [5.74, 6) is -0.542. The minimum absolute atomic E-state index is 0.0174. The molecule has 34 heavy (non-hydrogen) atoms. The molecule has 6 rings (SSSR count). The number of hydrogen-bond acceptors (Lipinski definition) is 3. The molecular formula is C28H27N3O3. The van der Waals surface area contributed by atoms with Crippen LogP contribution in [0.4, 0.5) is 4.79 Å². The number of carbonyl (C=O) groups is 3. The number of hydrogen-bond donors (Lipinski definition) is 1. The Morgan fingerprint density at radius 1 is 1.00 bits per heavy atom. The zero-order chi connectivity index (χ0) is 23.4. The Morgan fingerprint density at radius 3 is 2.53 bits per heavy atom. The first-order valence-corrected chi connectivity index (χ1v) is 12.0. The summed E-state index contributed by atoms with van der Waals surface area (Å²) < 4.78 is 0. The van der Waals surface area contributed by atoms with E-state index in [-0.39, 0.29) is 30.4 Å². The maximum atomic E-state index is 13.5. The molecule has 0 radical (unpaired) electrons. The summed E-state index contributed by atoms with van der Waals surface area (Å²) in [6.07, 6.45) is 3.77. The molecule has 0 spiro atoms. The zero-order valence-corrected chi connectivity index (χ0v) is 19.2. The van der Waals surface area contributed by atoms with E-state index in [0.717, 1.165) is 41.4 Å². The van der Waals surface area contributed by atoms with Gasteiger partial charge in [0.1, 0.15) is 12.1 Å². The van der Waals surface area contributed by atoms with Gasteiger partial charge in [0.15, 0.2) is 0 Å². The van der Waals surface area contributed by atoms with E-state index in [1.807, 2.05) is 59.5 Å². The van der Waals surface area contributed by atoms with Crippen LogP contribution in [0.3, 0.4) is 0 Å². The number of aryl methyl sites for hydroxylation is 1. The van der Waals surface area contributed by atoms with E-state index >= 15 is 0 Å². The number of amides is 4. The van der Waals surface area contributed by atoms with Gasteiger partial charge in [0.05, 0.1) is 6.04 Å². The Balaban J connectivity index is 1.26. The molecular weight excluding hydrogens is 426 g/mol. The first-order chi connectivity index (χ1) is 16.5. The van der Waals surface area contributed by atoms with Crippen molar-refractivity contribution in [3.63, 3.8) is 0 Å². The molecule has 2 unspecified atom stereocenters. The Hall–Kier alpha value is -3.67. The van der Waals surface area contributed by atoms with Gasteiger partial charge in [0.25, 0.3) is 5.91 Å². The molecule has 0 aromatic heterocycles. The number of rotatable bonds is 5. The number of nitrogens with one attached hydrogen (secondary N) is 1. The lowest BCUT2D eigenvalue weighted by molar-refractivity contribution is -0.140. The van der Waals surface area contributed by atoms with Gasteiger partial charge in [-0.2, -0.15) is 0 Å². The van der Waals surface area contributed by atoms with E-state index in [2.05, 4.69) is 17.4 Å². The van der Waals surface area contributed by atoms with Crippen molar-refractivity contribution in [1.82, 2.24) is 15.1 Å². The predicted molar refractivity (Wildman–Crippen MR) is 129 cm³/mol. The number of imide groups is 1. The van der Waals surface area contributed by atoms with Gasteiger partial charge < -0.3 is 10.2 Å². The molecule has 0 bridgehead atoms. The zero-order valence-electron chi connectivity index (χ0n) is 19.2. The third kappa shape index (κ3) is 3.28. The van der Waals surface area contributed by atoms with Crippen molar-refractivity contribution in [2.24, 2.45) is 0 Å². The maximum Gasteiger partial charge on any atom is 0.325 e. The molecule has 3 aromatic carbocycles. The molecule has 2 atom stereocenters. The van der Waals surface area contributed by atoms with Gasteiger partial charge >= 0.3 is 6.03 Å². The standard InChI is InChI=1S/C28H27N3O3/c1-28(21-12-10-18-6-2-3-8-20(18)16-21)26(33)30(27(34)29-28)17-25(32)31(22-13-14-22)24-15-11-19-7-4-5-9-23(19)24/h2-10,12,16,22,24H,11,13-15,17H2,1H3,(H,29,34). The van der Waals surface area contributed by atoms with Crippen LogP contribution in [-0.4, -0.2) is 40.2 Å². The van der Waals surface area contributed by atoms with E-state index < -0.39 is 11.6 Å². The van der Waals surface area contributed by atoms with Gasteiger partial charge in [-0.15, -0.1) is 0 Å². The third-order valence-corrected chi connectivity index (χ3v) is 7.56. The second-order valence-electron chi connectivity index (χ2n) is 9.79. The summed E-state index contributed by atoms with van der Waals surface area (Å²) in [6, 6.07) is 21.6. The first kappa shape index (κ1) is 20.9. The van der Waals surface area contributed by atoms with Gasteiger partial charge in [0, 0.05) is 6.04 Å². The molecule has 6 nitrogen and oxygen atoms in total. The van der Waals surface area contributed by atoms with Crippen LogP contribution in [0.25, 0.3) is 10.8 Å². The monoisotopic (exact) mass is 453 g/mol. The molecule has 172 valence electrons. The molecule has 4 amide bonds. The van der Waals surface area contributed by atoms with Crippen molar-refractivity contribution < 1.29 is 14.4 Å². The van der Waals surface area contributed by atoms with Crippen molar-refractivity contribution >= 4 is 28.6 Å². The summed E-state index contributed by atoms with van der Waals surface area (Å²) in [7, 11) is 0. The predicted octanol–water partition coefficient (Wildman–Crippen LogP) is 4.29. The lowest BCUT2D eigenvalue weighted by atomic mass is 9.90. The van der Waals surface area contributed by atoms with Crippen LogP contribution < -0.4 is 5.32 Å². The number of fused-ring (bicyclic) bond motifs is 2. The third-order valence-electron chi connectivity index (χ3n) is 7.56. The van der Waals surface area contributed by atoms with Crippen molar-refractivity contribution in [1.29, 1.82) is 0 Å². The minimum Gasteiger partial charge on any atom is -0.331 e. The van der Waals surface area contributed by atoms with Gasteiger partial charge in [-0.3, -0.25) is 14.5 Å². The normalized spacial score (nSPS) is 23.8. The second kappa shape index (κ2) is 7.69. The molecule has 1 saturated heterocycles. The molecule has 1 heterocycles. The first-order valence-electron chi connectivity index (χ1n) is 12.0. The quantitative estimate of drug-likeness (QED) is 0.586. The highest BCUT2D eigenvalue weighted by atomic mass is 16.2. The average molecular weight is 454 g/mol. The summed E-state index contributed by atoms with van der Waals surface area (Å²) in [6.45, 7) is 1.48. The lowest BCUT2D eigenvalue weighted by Crippen LogP contribution is -2.46. The number of urea groups is 1. The molecule has 6 heteroatoms. The van der Waals surface area contributed by atoms with Crippen LogP contribution in [0.5, 0.6) is 0 Å². The minimum atomic E-state index is -1.20. The largest absolute Gasteiger partial charge is 0.331 e. The fourth-order valence-electron chi connectivity index (χ4n) is 5.56. The van der Waals surface area contributed by atoms with Crippen molar-refractivity contribution in [3.8, 4) is 0 Å². The molecule has 1 aliphatic heterocycles. The second-order valence-corrected chi connectivity index (χ2v) is 9.79. The fourth-order valence-corrected chi connectivity index (χ4v) is 5.56. The molecule has 3 aliphatic rings. The Morgan fingerprint density at radius 2 is 1.74 bits per heavy atom. The molecule has 2 aliphatic carbocycles. The van der Waals surface area contributed by atoms with Gasteiger partial charge in [-0.25, -0.2) is 4.79 Å². The Labute approximate surface area is 198 Å². The molecule has 1 saturated carbocycles. The SMILES string of the molecule is CC1(c2ccc3ccccc3c2)NC(=O)N(CC(=O)N(C2CC2)C2CCc3ccccc32)C1=O. The Kier molecular flexibility index (Phi) is 4.73. The van der Waals surface area contributed by atoms with Gasteiger partial charge in [-0.05, 0) is 66.1 Å². The molecule has 2 fully saturated rings. The van der Waals surface area contributed by atoms with Crippen LogP contribution in [0.15, 0.2) is 66.7 Å². The number of benzene rings is 3. The molecule has 1 N–H and O–H groups in total. The van der Waals surface area contributed by atoms with E-state index in [1.54, 1.807) is 6.92 Å². The smallest absolute Gasteiger partial charge is 0.325 e. The average Bonchev–Trinajstić information content (AvgIpc) is 3.56. The summed E-state index contributed by atoms with van der Waals surface area (Å²) in [5, 5.41) is 4.92. The van der Waals surface area contributed by atoms with E-state index in [1.165, 1.54) is 11.1 Å². The Bertz CT molecular complexity index is 1330. The van der Waals surface area contributed by atoms with E-state index in [4.69, 9.17) is 0 Å². The lowest BCUT2D eigenvalue weighted by Gasteiger charge is -2.31. The number of carbonyl (C=O) groups excluding carboxylic acids is 3. The van der Waals surface area contributed by atoms with E-state index in [9.17, 15) is 14.4 Å².